The number of carboxylic acid groups (broad SMARTS) is 1. The van der Waals surface area contributed by atoms with Crippen LogP contribution in [-0.4, -0.2) is 37.3 Å². The number of methoxy groups -OCH3 is 1. The lowest BCUT2D eigenvalue weighted by molar-refractivity contribution is -0.131. The minimum absolute atomic E-state index is 0.120. The average Bonchev–Trinajstić information content (AvgIpc) is 2.48. The van der Waals surface area contributed by atoms with E-state index in [1.54, 1.807) is 6.07 Å². The summed E-state index contributed by atoms with van der Waals surface area (Å²) in [5, 5.41) is 12.0. The van der Waals surface area contributed by atoms with E-state index in [0.29, 0.717) is 24.5 Å². The van der Waals surface area contributed by atoms with Crippen LogP contribution in [-0.2, 0) is 20.9 Å². The Kier molecular flexibility index (Phi) is 5.15. The Morgan fingerprint density at radius 3 is 2.77 bits per heavy atom. The van der Waals surface area contributed by atoms with Crippen LogP contribution >= 0.6 is 0 Å². The van der Waals surface area contributed by atoms with Gasteiger partial charge in [-0.15, -0.1) is 0 Å². The quantitative estimate of drug-likeness (QED) is 0.872. The molecule has 0 saturated carbocycles. The molecule has 120 valence electrons. The largest absolute Gasteiger partial charge is 0.478 e. The molecule has 22 heavy (non-hydrogen) atoms. The highest BCUT2D eigenvalue weighted by Crippen LogP contribution is 2.30. The molecule has 2 N–H and O–H groups in total. The van der Waals surface area contributed by atoms with Crippen molar-refractivity contribution in [2.24, 2.45) is 5.41 Å². The highest BCUT2D eigenvalue weighted by molar-refractivity contribution is 5.97. The number of benzene rings is 1. The van der Waals surface area contributed by atoms with Gasteiger partial charge >= 0.3 is 5.97 Å². The zero-order valence-corrected chi connectivity index (χ0v) is 12.8. The lowest BCUT2D eigenvalue weighted by Gasteiger charge is -2.31. The average molecular weight is 307 g/mol. The van der Waals surface area contributed by atoms with Crippen molar-refractivity contribution >= 4 is 17.6 Å². The molecule has 1 aromatic rings. The molecule has 6 heteroatoms. The summed E-state index contributed by atoms with van der Waals surface area (Å²) in [4.78, 5) is 23.7. The Hall–Kier alpha value is -1.92. The second kappa shape index (κ2) is 6.89. The van der Waals surface area contributed by atoms with E-state index in [-0.39, 0.29) is 18.1 Å². The Morgan fingerprint density at radius 2 is 2.18 bits per heavy atom. The molecule has 2 rings (SSSR count). The van der Waals surface area contributed by atoms with E-state index in [1.807, 2.05) is 6.92 Å². The number of aromatic carboxylic acids is 1. The van der Waals surface area contributed by atoms with Crippen molar-refractivity contribution in [2.75, 3.05) is 25.6 Å². The summed E-state index contributed by atoms with van der Waals surface area (Å²) < 4.78 is 10.4. The van der Waals surface area contributed by atoms with Gasteiger partial charge in [-0.2, -0.15) is 0 Å². The summed E-state index contributed by atoms with van der Waals surface area (Å²) >= 11 is 0. The molecule has 0 aliphatic carbocycles. The Morgan fingerprint density at radius 1 is 1.41 bits per heavy atom. The van der Waals surface area contributed by atoms with Crippen molar-refractivity contribution in [1.29, 1.82) is 0 Å². The number of carboxylic acids is 1. The lowest BCUT2D eigenvalue weighted by Crippen LogP contribution is -2.40. The smallest absolute Gasteiger partial charge is 0.335 e. The lowest BCUT2D eigenvalue weighted by atomic mass is 9.84. The van der Waals surface area contributed by atoms with Crippen LogP contribution in [0.2, 0.25) is 0 Å². The number of nitrogens with one attached hydrogen (secondary N) is 1. The second-order valence-electron chi connectivity index (χ2n) is 5.83. The van der Waals surface area contributed by atoms with Crippen LogP contribution in [0.4, 0.5) is 5.69 Å². The van der Waals surface area contributed by atoms with Gasteiger partial charge in [0, 0.05) is 19.4 Å². The number of hydrogen-bond donors (Lipinski definition) is 2. The fourth-order valence-corrected chi connectivity index (χ4v) is 2.53. The van der Waals surface area contributed by atoms with Gasteiger partial charge in [0.05, 0.1) is 24.2 Å². The fraction of sp³-hybridized carbons (Fsp3) is 0.500. The number of carbonyl (C=O) groups is 2. The van der Waals surface area contributed by atoms with E-state index in [2.05, 4.69) is 5.32 Å². The van der Waals surface area contributed by atoms with Crippen molar-refractivity contribution in [1.82, 2.24) is 0 Å². The number of carbonyl (C=O) groups excluding carboxylic acids is 1. The number of ether oxygens (including phenoxy) is 2. The van der Waals surface area contributed by atoms with Crippen molar-refractivity contribution < 1.29 is 24.2 Å². The fourth-order valence-electron chi connectivity index (χ4n) is 2.53. The molecule has 0 radical (unpaired) electrons. The second-order valence-corrected chi connectivity index (χ2v) is 5.83. The first kappa shape index (κ1) is 16.5. The van der Waals surface area contributed by atoms with Gasteiger partial charge in [-0.3, -0.25) is 4.79 Å². The molecule has 1 aliphatic heterocycles. The minimum Gasteiger partial charge on any atom is -0.478 e. The number of amides is 1. The zero-order chi connectivity index (χ0) is 16.2. The van der Waals surface area contributed by atoms with E-state index in [0.717, 1.165) is 12.8 Å². The third-order valence-corrected chi connectivity index (χ3v) is 3.79. The van der Waals surface area contributed by atoms with Crippen LogP contribution in [0.15, 0.2) is 18.2 Å². The van der Waals surface area contributed by atoms with Crippen LogP contribution in [0.3, 0.4) is 0 Å². The first-order valence-electron chi connectivity index (χ1n) is 7.20. The summed E-state index contributed by atoms with van der Waals surface area (Å²) in [6.07, 6.45) is 1.59. The minimum atomic E-state index is -1.04. The van der Waals surface area contributed by atoms with Gasteiger partial charge in [-0.05, 0) is 43.5 Å². The summed E-state index contributed by atoms with van der Waals surface area (Å²) in [6.45, 7) is 3.20. The Labute approximate surface area is 129 Å². The molecule has 1 aromatic carbocycles. The highest BCUT2D eigenvalue weighted by Gasteiger charge is 2.35. The van der Waals surface area contributed by atoms with Gasteiger partial charge in [0.1, 0.15) is 0 Å². The van der Waals surface area contributed by atoms with Gasteiger partial charge in [0.2, 0.25) is 5.91 Å². The van der Waals surface area contributed by atoms with Gasteiger partial charge in [0.25, 0.3) is 0 Å². The molecule has 0 aromatic heterocycles. The van der Waals surface area contributed by atoms with Gasteiger partial charge in [-0.1, -0.05) is 0 Å². The molecule has 1 amide bonds. The normalized spacial score (nSPS) is 21.4. The van der Waals surface area contributed by atoms with Crippen molar-refractivity contribution in [3.05, 3.63) is 29.3 Å². The molecular formula is C16H21NO5. The van der Waals surface area contributed by atoms with Crippen LogP contribution in [0.5, 0.6) is 0 Å². The summed E-state index contributed by atoms with van der Waals surface area (Å²) in [5.41, 5.74) is 0.695. The Bertz CT molecular complexity index is 564. The van der Waals surface area contributed by atoms with Crippen LogP contribution in [0, 0.1) is 5.41 Å². The monoisotopic (exact) mass is 307 g/mol. The van der Waals surface area contributed by atoms with E-state index in [4.69, 9.17) is 14.6 Å². The maximum absolute atomic E-state index is 12.5. The highest BCUT2D eigenvalue weighted by atomic mass is 16.5. The summed E-state index contributed by atoms with van der Waals surface area (Å²) in [6, 6.07) is 4.71. The maximum atomic E-state index is 12.5. The van der Waals surface area contributed by atoms with Crippen LogP contribution in [0.25, 0.3) is 0 Å². The molecule has 1 saturated heterocycles. The number of anilines is 1. The predicted molar refractivity (Wildman–Crippen MR) is 80.9 cm³/mol. The predicted octanol–water partition coefficient (Wildman–Crippen LogP) is 2.29. The van der Waals surface area contributed by atoms with E-state index >= 15 is 0 Å². The summed E-state index contributed by atoms with van der Waals surface area (Å²) in [7, 11) is 1.53. The third kappa shape index (κ3) is 3.84. The molecule has 1 unspecified atom stereocenters. The van der Waals surface area contributed by atoms with Crippen LogP contribution < -0.4 is 5.32 Å². The third-order valence-electron chi connectivity index (χ3n) is 3.79. The number of rotatable bonds is 5. The van der Waals surface area contributed by atoms with Crippen molar-refractivity contribution in [3.63, 3.8) is 0 Å². The van der Waals surface area contributed by atoms with E-state index in [1.165, 1.54) is 19.2 Å². The topological polar surface area (TPSA) is 84.9 Å². The van der Waals surface area contributed by atoms with Crippen LogP contribution in [0.1, 0.15) is 35.7 Å². The Balaban J connectivity index is 2.20. The molecule has 1 heterocycles. The summed E-state index contributed by atoms with van der Waals surface area (Å²) in [5.74, 6) is -1.20. The SMILES string of the molecule is COCc1cc(NC(=O)C2(C)CCCOC2)cc(C(=O)O)c1. The van der Waals surface area contributed by atoms with E-state index < -0.39 is 11.4 Å². The maximum Gasteiger partial charge on any atom is 0.335 e. The first-order chi connectivity index (χ1) is 10.4. The molecule has 6 nitrogen and oxygen atoms in total. The van der Waals surface area contributed by atoms with Gasteiger partial charge < -0.3 is 19.9 Å². The first-order valence-corrected chi connectivity index (χ1v) is 7.20. The number of hydrogen-bond acceptors (Lipinski definition) is 4. The van der Waals surface area contributed by atoms with Gasteiger partial charge in [-0.25, -0.2) is 4.79 Å². The molecule has 0 bridgehead atoms. The molecule has 0 spiro atoms. The molecule has 1 aliphatic rings. The van der Waals surface area contributed by atoms with E-state index in [9.17, 15) is 9.59 Å². The molecular weight excluding hydrogens is 286 g/mol. The molecule has 1 atom stereocenters. The van der Waals surface area contributed by atoms with Crippen molar-refractivity contribution in [2.45, 2.75) is 26.4 Å². The molecule has 1 fully saturated rings. The standard InChI is InChI=1S/C16H21NO5/c1-16(4-3-5-22-10-16)15(20)17-13-7-11(9-21-2)6-12(8-13)14(18)19/h6-8H,3-5,9-10H2,1-2H3,(H,17,20)(H,18,19). The zero-order valence-electron chi connectivity index (χ0n) is 12.8. The van der Waals surface area contributed by atoms with Gasteiger partial charge in [0.15, 0.2) is 0 Å². The van der Waals surface area contributed by atoms with Crippen molar-refractivity contribution in [3.8, 4) is 0 Å².